The van der Waals surface area contributed by atoms with Crippen LogP contribution in [0, 0.1) is 0 Å². The third-order valence-electron chi connectivity index (χ3n) is 3.42. The lowest BCUT2D eigenvalue weighted by Crippen LogP contribution is -2.23. The number of rotatable bonds is 6. The number of nitrogens with zero attached hydrogens (tertiary/aromatic N) is 2. The van der Waals surface area contributed by atoms with Crippen LogP contribution in [0.5, 0.6) is 0 Å². The van der Waals surface area contributed by atoms with Crippen LogP contribution in [0.25, 0.3) is 0 Å². The Balaban J connectivity index is 2.35. The molecular weight excluding hydrogens is 373 g/mol. The van der Waals surface area contributed by atoms with Crippen LogP contribution < -0.4 is 5.32 Å². The van der Waals surface area contributed by atoms with Gasteiger partial charge in [-0.15, -0.1) is 0 Å². The number of likely N-dealkylation sites (N-methyl/N-ethyl adjacent to an activating group) is 1. The first-order chi connectivity index (χ1) is 10.1. The van der Waals surface area contributed by atoms with E-state index in [-0.39, 0.29) is 6.04 Å². The number of halogens is 3. The van der Waals surface area contributed by atoms with E-state index in [1.54, 1.807) is 0 Å². The molecule has 114 valence electrons. The summed E-state index contributed by atoms with van der Waals surface area (Å²) in [7, 11) is 1.94. The third-order valence-corrected chi connectivity index (χ3v) is 4.74. The van der Waals surface area contributed by atoms with E-state index in [9.17, 15) is 0 Å². The van der Waals surface area contributed by atoms with E-state index in [0.717, 1.165) is 28.7 Å². The van der Waals surface area contributed by atoms with Gasteiger partial charge in [0.25, 0.3) is 0 Å². The molecule has 1 N–H and O–H groups in total. The summed E-state index contributed by atoms with van der Waals surface area (Å²) >= 11 is 16.2. The minimum atomic E-state index is 0.0887. The van der Waals surface area contributed by atoms with Gasteiger partial charge in [-0.1, -0.05) is 36.2 Å². The average molecular weight is 391 g/mol. The highest BCUT2D eigenvalue weighted by Crippen LogP contribution is 2.31. The molecule has 0 spiro atoms. The van der Waals surface area contributed by atoms with Gasteiger partial charge in [0, 0.05) is 16.6 Å². The van der Waals surface area contributed by atoms with E-state index < -0.39 is 0 Å². The number of aromatic nitrogens is 2. The second-order valence-electron chi connectivity index (χ2n) is 4.85. The molecule has 0 aliphatic heterocycles. The molecule has 1 atom stereocenters. The first-order valence-electron chi connectivity index (χ1n) is 6.89. The van der Waals surface area contributed by atoms with Gasteiger partial charge in [0.05, 0.1) is 22.4 Å². The highest BCUT2D eigenvalue weighted by atomic mass is 79.9. The highest BCUT2D eigenvalue weighted by Gasteiger charge is 2.21. The summed E-state index contributed by atoms with van der Waals surface area (Å²) < 4.78 is 3.02. The van der Waals surface area contributed by atoms with Crippen LogP contribution in [-0.4, -0.2) is 16.8 Å². The van der Waals surface area contributed by atoms with Crippen LogP contribution in [0.3, 0.4) is 0 Å². The van der Waals surface area contributed by atoms with E-state index >= 15 is 0 Å². The van der Waals surface area contributed by atoms with Gasteiger partial charge >= 0.3 is 0 Å². The zero-order chi connectivity index (χ0) is 15.4. The Morgan fingerprint density at radius 1 is 1.33 bits per heavy atom. The van der Waals surface area contributed by atoms with Gasteiger partial charge in [-0.05, 0) is 53.5 Å². The molecule has 0 bridgehead atoms. The van der Waals surface area contributed by atoms with Crippen molar-refractivity contribution in [2.45, 2.75) is 32.4 Å². The Morgan fingerprint density at radius 2 is 2.00 bits per heavy atom. The van der Waals surface area contributed by atoms with Gasteiger partial charge in [-0.3, -0.25) is 4.68 Å². The zero-order valence-corrected chi connectivity index (χ0v) is 15.1. The minimum absolute atomic E-state index is 0.0887. The molecule has 0 aliphatic rings. The molecule has 1 heterocycles. The summed E-state index contributed by atoms with van der Waals surface area (Å²) in [5.41, 5.74) is 2.08. The van der Waals surface area contributed by atoms with Gasteiger partial charge < -0.3 is 5.32 Å². The lowest BCUT2D eigenvalue weighted by Gasteiger charge is -2.20. The van der Waals surface area contributed by atoms with Crippen LogP contribution in [0.2, 0.25) is 10.0 Å². The smallest absolute Gasteiger partial charge is 0.0698 e. The van der Waals surface area contributed by atoms with Crippen molar-refractivity contribution >= 4 is 39.1 Å². The standard InChI is InChI=1S/C15H18BrCl2N3/c1-3-7-21-15(11(16)9-20-21)14(19-2)8-10-12(17)5-4-6-13(10)18/h4-6,9,14,19H,3,7-8H2,1-2H3. The molecule has 1 aromatic heterocycles. The van der Waals surface area contributed by atoms with Crippen molar-refractivity contribution in [2.24, 2.45) is 0 Å². The van der Waals surface area contributed by atoms with Crippen LogP contribution in [0.1, 0.15) is 30.6 Å². The van der Waals surface area contributed by atoms with Crippen LogP contribution in [0.15, 0.2) is 28.9 Å². The van der Waals surface area contributed by atoms with Crippen molar-refractivity contribution in [1.29, 1.82) is 0 Å². The number of nitrogens with one attached hydrogen (secondary N) is 1. The van der Waals surface area contributed by atoms with Crippen molar-refractivity contribution in [2.75, 3.05) is 7.05 Å². The Bertz CT molecular complexity index is 593. The molecule has 1 aromatic carbocycles. The zero-order valence-electron chi connectivity index (χ0n) is 12.0. The Hall–Kier alpha value is -0.550. The number of benzene rings is 1. The summed E-state index contributed by atoms with van der Waals surface area (Å²) in [6.07, 6.45) is 3.58. The predicted octanol–water partition coefficient (Wildman–Crippen LogP) is 4.87. The maximum absolute atomic E-state index is 6.29. The van der Waals surface area contributed by atoms with Gasteiger partial charge in [0.2, 0.25) is 0 Å². The molecular formula is C15H18BrCl2N3. The molecule has 0 aliphatic carbocycles. The average Bonchev–Trinajstić information content (AvgIpc) is 2.81. The summed E-state index contributed by atoms with van der Waals surface area (Å²) in [4.78, 5) is 0. The maximum Gasteiger partial charge on any atom is 0.0698 e. The van der Waals surface area contributed by atoms with Gasteiger partial charge in [0.1, 0.15) is 0 Å². The van der Waals surface area contributed by atoms with E-state index in [0.29, 0.717) is 16.5 Å². The van der Waals surface area contributed by atoms with Crippen molar-refractivity contribution in [3.05, 3.63) is 50.2 Å². The Labute approximate surface area is 143 Å². The second-order valence-corrected chi connectivity index (χ2v) is 6.52. The topological polar surface area (TPSA) is 29.9 Å². The number of aryl methyl sites for hydroxylation is 1. The van der Waals surface area contributed by atoms with E-state index in [1.165, 1.54) is 0 Å². The lowest BCUT2D eigenvalue weighted by molar-refractivity contribution is 0.495. The summed E-state index contributed by atoms with van der Waals surface area (Å²) in [5.74, 6) is 0. The van der Waals surface area contributed by atoms with Crippen molar-refractivity contribution in [1.82, 2.24) is 15.1 Å². The predicted molar refractivity (Wildman–Crippen MR) is 92.2 cm³/mol. The first-order valence-corrected chi connectivity index (χ1v) is 8.44. The third kappa shape index (κ3) is 3.81. The monoisotopic (exact) mass is 389 g/mol. The fourth-order valence-corrected chi connectivity index (χ4v) is 3.50. The van der Waals surface area contributed by atoms with Crippen LogP contribution in [-0.2, 0) is 13.0 Å². The molecule has 2 rings (SSSR count). The van der Waals surface area contributed by atoms with Crippen molar-refractivity contribution < 1.29 is 0 Å². The number of hydrogen-bond acceptors (Lipinski definition) is 2. The molecule has 0 saturated heterocycles. The molecule has 1 unspecified atom stereocenters. The van der Waals surface area contributed by atoms with E-state index in [4.69, 9.17) is 23.2 Å². The summed E-state index contributed by atoms with van der Waals surface area (Å²) in [5, 5.41) is 9.15. The fraction of sp³-hybridized carbons (Fsp3) is 0.400. The molecule has 0 saturated carbocycles. The number of hydrogen-bond donors (Lipinski definition) is 1. The normalized spacial score (nSPS) is 12.6. The van der Waals surface area contributed by atoms with Crippen LogP contribution in [0.4, 0.5) is 0 Å². The van der Waals surface area contributed by atoms with Crippen molar-refractivity contribution in [3.63, 3.8) is 0 Å². The molecule has 0 amide bonds. The van der Waals surface area contributed by atoms with Gasteiger partial charge in [0.15, 0.2) is 0 Å². The lowest BCUT2D eigenvalue weighted by atomic mass is 10.0. The molecule has 3 nitrogen and oxygen atoms in total. The maximum atomic E-state index is 6.29. The summed E-state index contributed by atoms with van der Waals surface area (Å²) in [6, 6.07) is 5.69. The SMILES string of the molecule is CCCn1ncc(Br)c1C(Cc1c(Cl)cccc1Cl)NC. The largest absolute Gasteiger partial charge is 0.311 e. The minimum Gasteiger partial charge on any atom is -0.311 e. The molecule has 6 heteroatoms. The first kappa shape index (κ1) is 16.8. The van der Waals surface area contributed by atoms with Gasteiger partial charge in [-0.25, -0.2) is 0 Å². The quantitative estimate of drug-likeness (QED) is 0.762. The Morgan fingerprint density at radius 3 is 2.57 bits per heavy atom. The molecule has 21 heavy (non-hydrogen) atoms. The molecule has 2 aromatic rings. The fourth-order valence-electron chi connectivity index (χ4n) is 2.38. The molecule has 0 fully saturated rings. The molecule has 0 radical (unpaired) electrons. The van der Waals surface area contributed by atoms with Crippen LogP contribution >= 0.6 is 39.1 Å². The van der Waals surface area contributed by atoms with Crippen molar-refractivity contribution in [3.8, 4) is 0 Å². The second kappa shape index (κ2) is 7.63. The summed E-state index contributed by atoms with van der Waals surface area (Å²) in [6.45, 7) is 3.02. The Kier molecular flexibility index (Phi) is 6.11. The van der Waals surface area contributed by atoms with E-state index in [1.807, 2.05) is 36.1 Å². The van der Waals surface area contributed by atoms with Gasteiger partial charge in [-0.2, -0.15) is 5.10 Å². The van der Waals surface area contributed by atoms with E-state index in [2.05, 4.69) is 33.3 Å². The highest BCUT2D eigenvalue weighted by molar-refractivity contribution is 9.10.